The number of nitro groups is 1. The summed E-state index contributed by atoms with van der Waals surface area (Å²) in [6, 6.07) is 2.38. The zero-order valence-electron chi connectivity index (χ0n) is 9.14. The lowest BCUT2D eigenvalue weighted by Gasteiger charge is -2.13. The van der Waals surface area contributed by atoms with E-state index in [4.69, 9.17) is 5.73 Å². The van der Waals surface area contributed by atoms with E-state index in [1.807, 2.05) is 6.92 Å². The lowest BCUT2D eigenvalue weighted by Crippen LogP contribution is -2.11. The van der Waals surface area contributed by atoms with E-state index in [9.17, 15) is 15.2 Å². The number of nitro benzene ring substituents is 1. The monoisotopic (exact) mass is 246 g/mol. The van der Waals surface area contributed by atoms with Crippen LogP contribution in [0.3, 0.4) is 0 Å². The summed E-state index contributed by atoms with van der Waals surface area (Å²) in [7, 11) is 0. The minimum atomic E-state index is -0.524. The van der Waals surface area contributed by atoms with Gasteiger partial charge in [-0.15, -0.1) is 12.4 Å². The van der Waals surface area contributed by atoms with Crippen LogP contribution in [-0.4, -0.2) is 10.0 Å². The summed E-state index contributed by atoms with van der Waals surface area (Å²) in [4.78, 5) is 10.2. The molecular formula is C10H15ClN2O3. The summed E-state index contributed by atoms with van der Waals surface area (Å²) >= 11 is 0. The topological polar surface area (TPSA) is 89.4 Å². The van der Waals surface area contributed by atoms with Crippen LogP contribution in [0, 0.1) is 17.0 Å². The minimum Gasteiger partial charge on any atom is -0.507 e. The molecule has 6 heteroatoms. The van der Waals surface area contributed by atoms with Crippen LogP contribution in [0.1, 0.15) is 30.5 Å². The fourth-order valence-corrected chi connectivity index (χ4v) is 1.44. The van der Waals surface area contributed by atoms with Gasteiger partial charge in [0.1, 0.15) is 5.75 Å². The maximum atomic E-state index is 10.7. The van der Waals surface area contributed by atoms with Gasteiger partial charge < -0.3 is 10.8 Å². The molecule has 0 radical (unpaired) electrons. The third-order valence-corrected chi connectivity index (χ3v) is 2.40. The number of nitrogens with zero attached hydrogens (tertiary/aromatic N) is 1. The predicted molar refractivity (Wildman–Crippen MR) is 64.0 cm³/mol. The fraction of sp³-hybridized carbons (Fsp3) is 0.400. The Bertz CT molecular complexity index is 396. The number of phenolic OH excluding ortho intramolecular Hbond substituents is 1. The molecule has 1 aromatic rings. The van der Waals surface area contributed by atoms with Crippen molar-refractivity contribution in [3.63, 3.8) is 0 Å². The number of halogens is 1. The predicted octanol–water partition coefficient (Wildman–Crippen LogP) is 2.44. The molecule has 90 valence electrons. The van der Waals surface area contributed by atoms with Gasteiger partial charge in [0.2, 0.25) is 0 Å². The molecule has 0 saturated carbocycles. The summed E-state index contributed by atoms with van der Waals surface area (Å²) in [6.45, 7) is 3.50. The van der Waals surface area contributed by atoms with Crippen molar-refractivity contribution in [2.75, 3.05) is 0 Å². The van der Waals surface area contributed by atoms with Crippen LogP contribution < -0.4 is 5.73 Å². The van der Waals surface area contributed by atoms with Gasteiger partial charge in [-0.25, -0.2) is 0 Å². The summed E-state index contributed by atoms with van der Waals surface area (Å²) in [6.07, 6.45) is 0.540. The second kappa shape index (κ2) is 5.67. The molecule has 0 aliphatic heterocycles. The molecule has 0 amide bonds. The van der Waals surface area contributed by atoms with E-state index in [1.165, 1.54) is 12.1 Å². The number of hydrogen-bond donors (Lipinski definition) is 2. The number of aryl methyl sites for hydroxylation is 1. The third kappa shape index (κ3) is 2.62. The van der Waals surface area contributed by atoms with Crippen molar-refractivity contribution in [3.05, 3.63) is 33.4 Å². The van der Waals surface area contributed by atoms with Gasteiger partial charge in [-0.2, -0.15) is 0 Å². The van der Waals surface area contributed by atoms with Gasteiger partial charge in [-0.05, 0) is 25.0 Å². The van der Waals surface area contributed by atoms with Crippen LogP contribution in [0.4, 0.5) is 5.69 Å². The number of nitrogens with two attached hydrogens (primary N) is 1. The summed E-state index contributed by atoms with van der Waals surface area (Å²) in [5.41, 5.74) is 6.44. The Morgan fingerprint density at radius 1 is 1.56 bits per heavy atom. The Balaban J connectivity index is 0.00000225. The highest BCUT2D eigenvalue weighted by Gasteiger charge is 2.23. The van der Waals surface area contributed by atoms with Crippen LogP contribution in [-0.2, 0) is 0 Å². The van der Waals surface area contributed by atoms with Gasteiger partial charge in [-0.3, -0.25) is 10.1 Å². The first-order valence-electron chi connectivity index (χ1n) is 4.71. The number of aromatic hydroxyl groups is 1. The van der Waals surface area contributed by atoms with Crippen LogP contribution >= 0.6 is 12.4 Å². The molecule has 0 aliphatic carbocycles. The number of phenols is 1. The minimum absolute atomic E-state index is 0. The average molecular weight is 247 g/mol. The van der Waals surface area contributed by atoms with Gasteiger partial charge in [-0.1, -0.05) is 6.92 Å². The Morgan fingerprint density at radius 2 is 2.12 bits per heavy atom. The van der Waals surface area contributed by atoms with E-state index in [1.54, 1.807) is 6.92 Å². The van der Waals surface area contributed by atoms with E-state index < -0.39 is 11.0 Å². The largest absolute Gasteiger partial charge is 0.507 e. The second-order valence-electron chi connectivity index (χ2n) is 3.44. The highest BCUT2D eigenvalue weighted by Crippen LogP contribution is 2.35. The molecule has 0 heterocycles. The first kappa shape index (κ1) is 14.7. The molecule has 0 fully saturated rings. The lowest BCUT2D eigenvalue weighted by atomic mass is 9.99. The molecule has 16 heavy (non-hydrogen) atoms. The van der Waals surface area contributed by atoms with Crippen LogP contribution in [0.15, 0.2) is 12.1 Å². The lowest BCUT2D eigenvalue weighted by molar-refractivity contribution is -0.385. The smallest absolute Gasteiger partial charge is 0.277 e. The van der Waals surface area contributed by atoms with Crippen molar-refractivity contribution in [2.24, 2.45) is 5.73 Å². The standard InChI is InChI=1S/C10H14N2O3.ClH/c1-3-7(11)9-8(12(14)15)5-4-6(2)10(9)13;/h4-5,7,13H,3,11H2,1-2H3;1H/t7-;/m1./s1. The first-order valence-corrected chi connectivity index (χ1v) is 4.71. The molecule has 0 spiro atoms. The average Bonchev–Trinajstić information content (AvgIpc) is 2.20. The van der Waals surface area contributed by atoms with Crippen molar-refractivity contribution in [2.45, 2.75) is 26.3 Å². The molecular weight excluding hydrogens is 232 g/mol. The van der Waals surface area contributed by atoms with Crippen molar-refractivity contribution in [1.29, 1.82) is 0 Å². The van der Waals surface area contributed by atoms with Gasteiger partial charge in [0.25, 0.3) is 5.69 Å². The molecule has 0 saturated heterocycles. The Hall–Kier alpha value is -1.33. The molecule has 0 aliphatic rings. The van der Waals surface area contributed by atoms with Gasteiger partial charge >= 0.3 is 0 Å². The molecule has 0 unspecified atom stereocenters. The van der Waals surface area contributed by atoms with Crippen molar-refractivity contribution >= 4 is 18.1 Å². The fourth-order valence-electron chi connectivity index (χ4n) is 1.44. The number of rotatable bonds is 3. The van der Waals surface area contributed by atoms with Gasteiger partial charge in [0, 0.05) is 12.1 Å². The molecule has 0 aromatic heterocycles. The summed E-state index contributed by atoms with van der Waals surface area (Å²) < 4.78 is 0. The van der Waals surface area contributed by atoms with Gasteiger partial charge in [0.05, 0.1) is 10.5 Å². The molecule has 3 N–H and O–H groups in total. The molecule has 1 atom stereocenters. The number of benzene rings is 1. The zero-order chi connectivity index (χ0) is 11.6. The Morgan fingerprint density at radius 3 is 2.56 bits per heavy atom. The molecule has 1 aromatic carbocycles. The molecule has 5 nitrogen and oxygen atoms in total. The normalized spacial score (nSPS) is 11.7. The van der Waals surface area contributed by atoms with Crippen molar-refractivity contribution in [1.82, 2.24) is 0 Å². The van der Waals surface area contributed by atoms with E-state index in [0.717, 1.165) is 0 Å². The van der Waals surface area contributed by atoms with Crippen molar-refractivity contribution in [3.8, 4) is 5.75 Å². The maximum absolute atomic E-state index is 10.7. The maximum Gasteiger partial charge on any atom is 0.277 e. The van der Waals surface area contributed by atoms with Gasteiger partial charge in [0.15, 0.2) is 0 Å². The summed E-state index contributed by atoms with van der Waals surface area (Å²) in [5.74, 6) is -0.0708. The highest BCUT2D eigenvalue weighted by molar-refractivity contribution is 5.85. The Labute approximate surface area is 99.8 Å². The van der Waals surface area contributed by atoms with E-state index in [2.05, 4.69) is 0 Å². The van der Waals surface area contributed by atoms with Crippen LogP contribution in [0.25, 0.3) is 0 Å². The van der Waals surface area contributed by atoms with E-state index in [0.29, 0.717) is 12.0 Å². The summed E-state index contributed by atoms with van der Waals surface area (Å²) in [5, 5.41) is 20.5. The van der Waals surface area contributed by atoms with E-state index in [-0.39, 0.29) is 29.4 Å². The number of hydrogen-bond acceptors (Lipinski definition) is 4. The SMILES string of the molecule is CC[C@@H](N)c1c([N+](=O)[O-])ccc(C)c1O.Cl. The zero-order valence-corrected chi connectivity index (χ0v) is 9.95. The van der Waals surface area contributed by atoms with Crippen LogP contribution in [0.5, 0.6) is 5.75 Å². The van der Waals surface area contributed by atoms with Crippen molar-refractivity contribution < 1.29 is 10.0 Å². The Kier molecular flexibility index (Phi) is 5.20. The first-order chi connectivity index (χ1) is 6.99. The highest BCUT2D eigenvalue weighted by atomic mass is 35.5. The molecule has 0 bridgehead atoms. The third-order valence-electron chi connectivity index (χ3n) is 2.40. The van der Waals surface area contributed by atoms with Crippen LogP contribution in [0.2, 0.25) is 0 Å². The second-order valence-corrected chi connectivity index (χ2v) is 3.44. The quantitative estimate of drug-likeness (QED) is 0.633. The molecule has 1 rings (SSSR count). The van der Waals surface area contributed by atoms with E-state index >= 15 is 0 Å².